The van der Waals surface area contributed by atoms with Gasteiger partial charge in [-0.1, -0.05) is 31.5 Å². The number of nitrogens with zero attached hydrogens (tertiary/aromatic N) is 2. The molecule has 2 amide bonds. The molecule has 3 aliphatic rings. The molecular formula is C22H31N3O2. The van der Waals surface area contributed by atoms with E-state index in [1.807, 2.05) is 35.2 Å². The van der Waals surface area contributed by atoms with Crippen molar-refractivity contribution in [2.75, 3.05) is 26.2 Å². The fraction of sp³-hybridized carbons (Fsp3) is 0.636. The van der Waals surface area contributed by atoms with Crippen LogP contribution >= 0.6 is 0 Å². The average Bonchev–Trinajstić information content (AvgIpc) is 3.24. The Bertz CT molecular complexity index is 697. The number of carbonyl (C=O) groups is 2. The van der Waals surface area contributed by atoms with Crippen molar-refractivity contribution in [2.24, 2.45) is 11.8 Å². The molecule has 0 radical (unpaired) electrons. The molecule has 0 saturated carbocycles. The number of hydrogen-bond donors (Lipinski definition) is 1. The Morgan fingerprint density at radius 1 is 1.22 bits per heavy atom. The van der Waals surface area contributed by atoms with Gasteiger partial charge < -0.3 is 10.2 Å². The maximum atomic E-state index is 12.7. The summed E-state index contributed by atoms with van der Waals surface area (Å²) in [5.74, 6) is 0.851. The highest BCUT2D eigenvalue weighted by atomic mass is 16.2. The Morgan fingerprint density at radius 2 is 1.93 bits per heavy atom. The van der Waals surface area contributed by atoms with Gasteiger partial charge in [-0.25, -0.2) is 0 Å². The highest BCUT2D eigenvalue weighted by Crippen LogP contribution is 2.44. The Balaban J connectivity index is 1.43. The number of benzene rings is 1. The summed E-state index contributed by atoms with van der Waals surface area (Å²) in [7, 11) is 0. The van der Waals surface area contributed by atoms with Gasteiger partial charge in [-0.05, 0) is 38.3 Å². The second-order valence-corrected chi connectivity index (χ2v) is 8.61. The number of amides is 2. The maximum Gasteiger partial charge on any atom is 0.253 e. The van der Waals surface area contributed by atoms with Crippen LogP contribution in [0.5, 0.6) is 0 Å². The summed E-state index contributed by atoms with van der Waals surface area (Å²) in [4.78, 5) is 29.9. The van der Waals surface area contributed by atoms with Crippen molar-refractivity contribution in [3.05, 3.63) is 35.9 Å². The lowest BCUT2D eigenvalue weighted by Gasteiger charge is -2.43. The zero-order valence-corrected chi connectivity index (χ0v) is 16.5. The molecule has 3 fully saturated rings. The quantitative estimate of drug-likeness (QED) is 0.887. The van der Waals surface area contributed by atoms with Crippen LogP contribution in [-0.2, 0) is 4.79 Å². The lowest BCUT2D eigenvalue weighted by atomic mass is 9.75. The molecule has 1 aromatic carbocycles. The number of likely N-dealkylation sites (tertiary alicyclic amines) is 2. The fourth-order valence-electron chi connectivity index (χ4n) is 5.42. The first-order chi connectivity index (χ1) is 13.0. The fourth-order valence-corrected chi connectivity index (χ4v) is 5.42. The van der Waals surface area contributed by atoms with Crippen LogP contribution in [0.2, 0.25) is 0 Å². The van der Waals surface area contributed by atoms with Gasteiger partial charge in [0.2, 0.25) is 5.91 Å². The van der Waals surface area contributed by atoms with Crippen LogP contribution in [0.3, 0.4) is 0 Å². The standard InChI is InChI=1S/C22H31N3O2/c1-3-7-16(2)25-14-18-19(15-25)22(23-20(18)26)10-12-24(13-11-22)21(27)17-8-5-4-6-9-17/h4-6,8-9,16,18-19H,3,7,10-15H2,1-2H3,(H,23,26)/t16-,18+,19-/m0/s1. The molecule has 0 aromatic heterocycles. The van der Waals surface area contributed by atoms with Crippen LogP contribution in [0.15, 0.2) is 30.3 Å². The van der Waals surface area contributed by atoms with Gasteiger partial charge in [0.05, 0.1) is 5.92 Å². The number of piperidine rings is 1. The average molecular weight is 370 g/mol. The van der Waals surface area contributed by atoms with Crippen molar-refractivity contribution in [3.63, 3.8) is 0 Å². The highest BCUT2D eigenvalue weighted by molar-refractivity contribution is 5.94. The van der Waals surface area contributed by atoms with Gasteiger partial charge in [-0.2, -0.15) is 0 Å². The van der Waals surface area contributed by atoms with Crippen LogP contribution in [-0.4, -0.2) is 59.4 Å². The van der Waals surface area contributed by atoms with Crippen LogP contribution in [0.25, 0.3) is 0 Å². The molecule has 0 unspecified atom stereocenters. The maximum absolute atomic E-state index is 12.7. The van der Waals surface area contributed by atoms with Gasteiger partial charge in [0, 0.05) is 49.2 Å². The van der Waals surface area contributed by atoms with Crippen LogP contribution in [0, 0.1) is 11.8 Å². The van der Waals surface area contributed by atoms with Crippen molar-refractivity contribution in [1.29, 1.82) is 0 Å². The number of hydrogen-bond acceptors (Lipinski definition) is 3. The second-order valence-electron chi connectivity index (χ2n) is 8.61. The van der Waals surface area contributed by atoms with E-state index in [-0.39, 0.29) is 23.3 Å². The first-order valence-electron chi connectivity index (χ1n) is 10.4. The monoisotopic (exact) mass is 369 g/mol. The van der Waals surface area contributed by atoms with E-state index in [9.17, 15) is 9.59 Å². The third-order valence-electron chi connectivity index (χ3n) is 7.06. The van der Waals surface area contributed by atoms with Crippen molar-refractivity contribution < 1.29 is 9.59 Å². The van der Waals surface area contributed by atoms with Crippen molar-refractivity contribution in [3.8, 4) is 0 Å². The molecular weight excluding hydrogens is 338 g/mol. The van der Waals surface area contributed by atoms with Gasteiger partial charge in [0.15, 0.2) is 0 Å². The van der Waals surface area contributed by atoms with Crippen molar-refractivity contribution in [1.82, 2.24) is 15.1 Å². The van der Waals surface area contributed by atoms with E-state index < -0.39 is 0 Å². The van der Waals surface area contributed by atoms with Crippen LogP contribution in [0.4, 0.5) is 0 Å². The van der Waals surface area contributed by atoms with Gasteiger partial charge in [0.25, 0.3) is 5.91 Å². The molecule has 3 heterocycles. The molecule has 4 rings (SSSR count). The normalized spacial score (nSPS) is 28.2. The van der Waals surface area contributed by atoms with Gasteiger partial charge in [0.1, 0.15) is 0 Å². The topological polar surface area (TPSA) is 52.7 Å². The molecule has 27 heavy (non-hydrogen) atoms. The molecule has 1 N–H and O–H groups in total. The van der Waals surface area contributed by atoms with E-state index in [1.165, 1.54) is 12.8 Å². The highest BCUT2D eigenvalue weighted by Gasteiger charge is 2.57. The largest absolute Gasteiger partial charge is 0.350 e. The van der Waals surface area contributed by atoms with Gasteiger partial charge in [-0.3, -0.25) is 14.5 Å². The molecule has 1 spiro atoms. The Kier molecular flexibility index (Phi) is 4.97. The lowest BCUT2D eigenvalue weighted by Crippen LogP contribution is -2.56. The minimum atomic E-state index is -0.115. The van der Waals surface area contributed by atoms with E-state index in [1.54, 1.807) is 0 Å². The van der Waals surface area contributed by atoms with Crippen LogP contribution < -0.4 is 5.32 Å². The summed E-state index contributed by atoms with van der Waals surface area (Å²) in [6, 6.07) is 10.1. The summed E-state index contributed by atoms with van der Waals surface area (Å²) in [6.45, 7) is 7.87. The Labute approximate surface area is 162 Å². The molecule has 1 aromatic rings. The molecule has 146 valence electrons. The SMILES string of the molecule is CCC[C@H](C)N1C[C@H]2C(=O)NC3(CCN(C(=O)c4ccccc4)CC3)[C@H]2C1. The molecule has 0 aliphatic carbocycles. The smallest absolute Gasteiger partial charge is 0.253 e. The zero-order chi connectivity index (χ0) is 19.0. The predicted octanol–water partition coefficient (Wildman–Crippen LogP) is 2.53. The molecule has 3 saturated heterocycles. The van der Waals surface area contributed by atoms with Gasteiger partial charge in [-0.15, -0.1) is 0 Å². The summed E-state index contributed by atoms with van der Waals surface area (Å²) in [5, 5.41) is 3.36. The molecule has 3 atom stereocenters. The number of rotatable bonds is 4. The summed E-state index contributed by atoms with van der Waals surface area (Å²) >= 11 is 0. The number of nitrogens with one attached hydrogen (secondary N) is 1. The molecule has 5 nitrogen and oxygen atoms in total. The van der Waals surface area contributed by atoms with E-state index in [4.69, 9.17) is 0 Å². The third-order valence-corrected chi connectivity index (χ3v) is 7.06. The first kappa shape index (κ1) is 18.5. The van der Waals surface area contributed by atoms with E-state index >= 15 is 0 Å². The number of fused-ring (bicyclic) bond motifs is 2. The third kappa shape index (κ3) is 3.27. The first-order valence-corrected chi connectivity index (χ1v) is 10.4. The minimum Gasteiger partial charge on any atom is -0.350 e. The molecule has 3 aliphatic heterocycles. The summed E-state index contributed by atoms with van der Waals surface area (Å²) < 4.78 is 0. The van der Waals surface area contributed by atoms with Crippen molar-refractivity contribution >= 4 is 11.8 Å². The van der Waals surface area contributed by atoms with Crippen LogP contribution in [0.1, 0.15) is 49.9 Å². The number of carbonyl (C=O) groups excluding carboxylic acids is 2. The van der Waals surface area contributed by atoms with E-state index in [0.29, 0.717) is 12.0 Å². The zero-order valence-electron chi connectivity index (χ0n) is 16.5. The summed E-state index contributed by atoms with van der Waals surface area (Å²) in [6.07, 6.45) is 4.11. The lowest BCUT2D eigenvalue weighted by molar-refractivity contribution is -0.123. The van der Waals surface area contributed by atoms with E-state index in [2.05, 4.69) is 24.1 Å². The van der Waals surface area contributed by atoms with Gasteiger partial charge >= 0.3 is 0 Å². The predicted molar refractivity (Wildman–Crippen MR) is 105 cm³/mol. The molecule has 0 bridgehead atoms. The second kappa shape index (κ2) is 7.27. The minimum absolute atomic E-state index is 0.107. The Hall–Kier alpha value is -1.88. The summed E-state index contributed by atoms with van der Waals surface area (Å²) in [5.41, 5.74) is 0.637. The van der Waals surface area contributed by atoms with Crippen molar-refractivity contribution in [2.45, 2.75) is 51.1 Å². The Morgan fingerprint density at radius 3 is 2.59 bits per heavy atom. The molecule has 5 heteroatoms. The van der Waals surface area contributed by atoms with E-state index in [0.717, 1.165) is 44.6 Å².